The van der Waals surface area contributed by atoms with Crippen molar-refractivity contribution in [2.24, 2.45) is 0 Å². The van der Waals surface area contributed by atoms with Gasteiger partial charge in [0.15, 0.2) is 0 Å². The molecule has 76 valence electrons. The Hall–Kier alpha value is -0.500. The van der Waals surface area contributed by atoms with E-state index >= 15 is 0 Å². The molecule has 0 aromatic rings. The molecule has 0 spiro atoms. The highest BCUT2D eigenvalue weighted by Crippen LogP contribution is 2.22. The number of halogens is 1. The quantitative estimate of drug-likeness (QED) is 0.400. The van der Waals surface area contributed by atoms with E-state index < -0.39 is 0 Å². The van der Waals surface area contributed by atoms with Crippen molar-refractivity contribution in [3.8, 4) is 0 Å². The highest BCUT2D eigenvalue weighted by molar-refractivity contribution is 6.23. The van der Waals surface area contributed by atoms with E-state index in [0.29, 0.717) is 13.0 Å². The number of hydrogen-bond donors (Lipinski definition) is 0. The van der Waals surface area contributed by atoms with Gasteiger partial charge in [0.05, 0.1) is 6.61 Å². The lowest BCUT2D eigenvalue weighted by atomic mass is 10.0. The molecule has 0 radical (unpaired) electrons. The summed E-state index contributed by atoms with van der Waals surface area (Å²) < 4.78 is 4.77. The van der Waals surface area contributed by atoms with E-state index in [1.165, 1.54) is 6.08 Å². The Kier molecular flexibility index (Phi) is 5.07. The number of hydrogen-bond acceptors (Lipinski definition) is 2. The second-order valence-electron chi connectivity index (χ2n) is 3.64. The van der Waals surface area contributed by atoms with Gasteiger partial charge < -0.3 is 4.74 Å². The summed E-state index contributed by atoms with van der Waals surface area (Å²) in [6.45, 7) is 7.90. The fourth-order valence-electron chi connectivity index (χ4n) is 1.10. The van der Waals surface area contributed by atoms with Crippen LogP contribution in [0, 0.1) is 0 Å². The first kappa shape index (κ1) is 12.5. The van der Waals surface area contributed by atoms with Crippen LogP contribution in [0.4, 0.5) is 0 Å². The van der Waals surface area contributed by atoms with Gasteiger partial charge in [-0.25, -0.2) is 4.79 Å². The van der Waals surface area contributed by atoms with Gasteiger partial charge in [0.2, 0.25) is 0 Å². The molecule has 0 fully saturated rings. The predicted molar refractivity (Wildman–Crippen MR) is 54.9 cm³/mol. The van der Waals surface area contributed by atoms with E-state index in [0.717, 1.165) is 5.57 Å². The molecule has 13 heavy (non-hydrogen) atoms. The van der Waals surface area contributed by atoms with Crippen LogP contribution in [-0.2, 0) is 9.53 Å². The third-order valence-corrected chi connectivity index (χ3v) is 1.48. The summed E-state index contributed by atoms with van der Waals surface area (Å²) in [4.78, 5) is 10.7. The number of ether oxygens (including phenoxy) is 1. The summed E-state index contributed by atoms with van der Waals surface area (Å²) in [7, 11) is 0. The number of carbonyl (C=O) groups is 1. The summed E-state index contributed by atoms with van der Waals surface area (Å²) in [6.07, 6.45) is 2.18. The van der Waals surface area contributed by atoms with Crippen LogP contribution in [0.25, 0.3) is 0 Å². The number of esters is 1. The molecule has 0 aliphatic rings. The Morgan fingerprint density at radius 1 is 1.54 bits per heavy atom. The lowest BCUT2D eigenvalue weighted by Crippen LogP contribution is -2.11. The maximum Gasteiger partial charge on any atom is 0.330 e. The highest BCUT2D eigenvalue weighted by Gasteiger charge is 2.14. The summed E-state index contributed by atoms with van der Waals surface area (Å²) in [5.41, 5.74) is 0.943. The Balaban J connectivity index is 4.09. The van der Waals surface area contributed by atoms with Gasteiger partial charge in [-0.15, -0.1) is 11.6 Å². The average Bonchev–Trinajstić information content (AvgIpc) is 1.81. The van der Waals surface area contributed by atoms with Crippen molar-refractivity contribution in [2.75, 3.05) is 6.61 Å². The second-order valence-corrected chi connectivity index (χ2v) is 4.66. The van der Waals surface area contributed by atoms with Crippen LogP contribution in [0.3, 0.4) is 0 Å². The van der Waals surface area contributed by atoms with Crippen molar-refractivity contribution in [2.45, 2.75) is 39.0 Å². The first-order chi connectivity index (χ1) is 5.85. The van der Waals surface area contributed by atoms with E-state index in [9.17, 15) is 4.79 Å². The van der Waals surface area contributed by atoms with Crippen LogP contribution in [0.5, 0.6) is 0 Å². The number of allylic oxidation sites excluding steroid dienone is 1. The second kappa shape index (κ2) is 5.28. The molecule has 0 unspecified atom stereocenters. The molecule has 0 saturated heterocycles. The van der Waals surface area contributed by atoms with Gasteiger partial charge in [-0.1, -0.05) is 5.57 Å². The van der Waals surface area contributed by atoms with E-state index in [-0.39, 0.29) is 10.8 Å². The minimum atomic E-state index is -0.299. The van der Waals surface area contributed by atoms with Gasteiger partial charge in [-0.3, -0.25) is 0 Å². The van der Waals surface area contributed by atoms with E-state index in [4.69, 9.17) is 16.3 Å². The fraction of sp³-hybridized carbons (Fsp3) is 0.700. The monoisotopic (exact) mass is 204 g/mol. The van der Waals surface area contributed by atoms with Crippen LogP contribution in [0.15, 0.2) is 11.6 Å². The van der Waals surface area contributed by atoms with Crippen molar-refractivity contribution in [1.29, 1.82) is 0 Å². The summed E-state index contributed by atoms with van der Waals surface area (Å²) in [6, 6.07) is 0. The van der Waals surface area contributed by atoms with E-state index in [1.54, 1.807) is 6.92 Å². The van der Waals surface area contributed by atoms with Crippen LogP contribution in [0.2, 0.25) is 0 Å². The Labute approximate surface area is 84.9 Å². The van der Waals surface area contributed by atoms with Crippen molar-refractivity contribution >= 4 is 17.6 Å². The smallest absolute Gasteiger partial charge is 0.330 e. The fourth-order valence-corrected chi connectivity index (χ4v) is 1.31. The minimum absolute atomic E-state index is 0.291. The van der Waals surface area contributed by atoms with Crippen LogP contribution >= 0.6 is 11.6 Å². The first-order valence-corrected chi connectivity index (χ1v) is 4.76. The Bertz CT molecular complexity index is 201. The molecule has 3 heteroatoms. The van der Waals surface area contributed by atoms with Crippen molar-refractivity contribution in [3.63, 3.8) is 0 Å². The zero-order valence-electron chi connectivity index (χ0n) is 8.69. The maximum absolute atomic E-state index is 11.0. The van der Waals surface area contributed by atoms with Gasteiger partial charge in [0.1, 0.15) is 0 Å². The van der Waals surface area contributed by atoms with Gasteiger partial charge >= 0.3 is 5.97 Å². The third-order valence-electron chi connectivity index (χ3n) is 1.35. The first-order valence-electron chi connectivity index (χ1n) is 4.38. The molecule has 2 nitrogen and oxygen atoms in total. The van der Waals surface area contributed by atoms with Crippen LogP contribution in [0.1, 0.15) is 34.1 Å². The molecular weight excluding hydrogens is 188 g/mol. The molecule has 0 amide bonds. The summed E-state index contributed by atoms with van der Waals surface area (Å²) >= 11 is 6.00. The zero-order chi connectivity index (χ0) is 10.5. The molecule has 0 aliphatic heterocycles. The molecule has 0 aromatic heterocycles. The largest absolute Gasteiger partial charge is 0.463 e. The van der Waals surface area contributed by atoms with Gasteiger partial charge in [0, 0.05) is 11.0 Å². The van der Waals surface area contributed by atoms with Crippen molar-refractivity contribution in [1.82, 2.24) is 0 Å². The Morgan fingerprint density at radius 2 is 2.08 bits per heavy atom. The molecule has 0 N–H and O–H groups in total. The molecule has 0 bridgehead atoms. The summed E-state index contributed by atoms with van der Waals surface area (Å²) in [5.74, 6) is -0.291. The molecule has 0 atom stereocenters. The van der Waals surface area contributed by atoms with Gasteiger partial charge in [-0.2, -0.15) is 0 Å². The van der Waals surface area contributed by atoms with Crippen LogP contribution < -0.4 is 0 Å². The minimum Gasteiger partial charge on any atom is -0.463 e. The predicted octanol–water partition coefficient (Wildman–Crippen LogP) is 2.90. The topological polar surface area (TPSA) is 26.3 Å². The lowest BCUT2D eigenvalue weighted by molar-refractivity contribution is -0.137. The summed E-state index contributed by atoms with van der Waals surface area (Å²) in [5, 5.41) is 0. The molecule has 0 rings (SSSR count). The molecule has 0 aromatic carbocycles. The SMILES string of the molecule is CCOC(=O)C=C(C)CC(C)(C)Cl. The zero-order valence-corrected chi connectivity index (χ0v) is 9.44. The third kappa shape index (κ3) is 7.85. The number of carbonyl (C=O) groups excluding carboxylic acids is 1. The Morgan fingerprint density at radius 3 is 2.46 bits per heavy atom. The van der Waals surface area contributed by atoms with Gasteiger partial charge in [0.25, 0.3) is 0 Å². The maximum atomic E-state index is 11.0. The van der Waals surface area contributed by atoms with Crippen molar-refractivity contribution < 1.29 is 9.53 Å². The normalized spacial score (nSPS) is 12.8. The standard InChI is InChI=1S/C10H17ClO2/c1-5-13-9(12)6-8(2)7-10(3,4)11/h6H,5,7H2,1-4H3. The average molecular weight is 205 g/mol. The highest BCUT2D eigenvalue weighted by atomic mass is 35.5. The molecular formula is C10H17ClO2. The van der Waals surface area contributed by atoms with Crippen LogP contribution in [-0.4, -0.2) is 17.5 Å². The lowest BCUT2D eigenvalue weighted by Gasteiger charge is -2.15. The van der Waals surface area contributed by atoms with E-state index in [1.807, 2.05) is 20.8 Å². The van der Waals surface area contributed by atoms with Crippen molar-refractivity contribution in [3.05, 3.63) is 11.6 Å². The number of alkyl halides is 1. The number of rotatable bonds is 4. The molecule has 0 aliphatic carbocycles. The van der Waals surface area contributed by atoms with E-state index in [2.05, 4.69) is 0 Å². The molecule has 0 saturated carbocycles. The molecule has 0 heterocycles. The van der Waals surface area contributed by atoms with Gasteiger partial charge in [-0.05, 0) is 34.1 Å².